The van der Waals surface area contributed by atoms with Crippen LogP contribution < -0.4 is 15.0 Å². The van der Waals surface area contributed by atoms with Crippen LogP contribution in [0.1, 0.15) is 18.5 Å². The third-order valence-corrected chi connectivity index (χ3v) is 4.95. The summed E-state index contributed by atoms with van der Waals surface area (Å²) in [5.41, 5.74) is 2.32. The van der Waals surface area contributed by atoms with Gasteiger partial charge in [0.2, 0.25) is 0 Å². The van der Waals surface area contributed by atoms with E-state index < -0.39 is 12.0 Å². The molecule has 7 heteroatoms. The van der Waals surface area contributed by atoms with Crippen molar-refractivity contribution in [1.29, 1.82) is 0 Å². The minimum atomic E-state index is -0.590. The first-order chi connectivity index (χ1) is 13.0. The monoisotopic (exact) mass is 430 g/mol. The van der Waals surface area contributed by atoms with E-state index in [1.54, 1.807) is 38.3 Å². The standard InChI is InChI=1S/C20H19BrN2O4/c1-12-17(19(24)27-3)18(13-4-6-14(21)7-5-13)22-20(25)23(12)15-8-10-16(26-2)11-9-15/h4-11,18H,1-3H3,(H,22,25). The highest BCUT2D eigenvalue weighted by molar-refractivity contribution is 9.10. The van der Waals surface area contributed by atoms with E-state index in [9.17, 15) is 9.59 Å². The number of rotatable bonds is 4. The fourth-order valence-corrected chi connectivity index (χ4v) is 3.33. The van der Waals surface area contributed by atoms with Crippen LogP contribution in [0.5, 0.6) is 5.75 Å². The molecule has 140 valence electrons. The van der Waals surface area contributed by atoms with E-state index in [1.165, 1.54) is 12.0 Å². The minimum Gasteiger partial charge on any atom is -0.497 e. The molecule has 1 aliphatic rings. The summed E-state index contributed by atoms with van der Waals surface area (Å²) in [6.45, 7) is 1.74. The molecule has 0 fully saturated rings. The molecular formula is C20H19BrN2O4. The van der Waals surface area contributed by atoms with Gasteiger partial charge in [0.1, 0.15) is 5.75 Å². The number of carbonyl (C=O) groups is 2. The second-order valence-corrected chi connectivity index (χ2v) is 6.87. The van der Waals surface area contributed by atoms with Gasteiger partial charge in [0.15, 0.2) is 0 Å². The van der Waals surface area contributed by atoms with Crippen LogP contribution in [0.2, 0.25) is 0 Å². The molecule has 2 amide bonds. The quantitative estimate of drug-likeness (QED) is 0.738. The number of nitrogens with one attached hydrogen (secondary N) is 1. The molecule has 1 aliphatic heterocycles. The van der Waals surface area contributed by atoms with E-state index in [1.807, 2.05) is 24.3 Å². The highest BCUT2D eigenvalue weighted by Gasteiger charge is 2.36. The van der Waals surface area contributed by atoms with Gasteiger partial charge in [0, 0.05) is 10.2 Å². The normalized spacial score (nSPS) is 16.8. The Morgan fingerprint density at radius 2 is 1.70 bits per heavy atom. The first-order valence-electron chi connectivity index (χ1n) is 8.25. The molecule has 2 aromatic rings. The van der Waals surface area contributed by atoms with E-state index in [4.69, 9.17) is 9.47 Å². The number of allylic oxidation sites excluding steroid dienone is 1. The zero-order valence-electron chi connectivity index (χ0n) is 15.2. The number of benzene rings is 2. The fourth-order valence-electron chi connectivity index (χ4n) is 3.06. The van der Waals surface area contributed by atoms with Crippen molar-refractivity contribution in [1.82, 2.24) is 5.32 Å². The Morgan fingerprint density at radius 3 is 2.26 bits per heavy atom. The van der Waals surface area contributed by atoms with Crippen LogP contribution in [0.3, 0.4) is 0 Å². The maximum atomic E-state index is 12.9. The number of nitrogens with zero attached hydrogens (tertiary/aromatic N) is 1. The first-order valence-corrected chi connectivity index (χ1v) is 9.04. The van der Waals surface area contributed by atoms with Crippen molar-refractivity contribution >= 4 is 33.6 Å². The van der Waals surface area contributed by atoms with E-state index in [0.717, 1.165) is 10.0 Å². The highest BCUT2D eigenvalue weighted by Crippen LogP contribution is 2.34. The number of methoxy groups -OCH3 is 2. The lowest BCUT2D eigenvalue weighted by molar-refractivity contribution is -0.136. The fraction of sp³-hybridized carbons (Fsp3) is 0.200. The van der Waals surface area contributed by atoms with E-state index in [-0.39, 0.29) is 6.03 Å². The van der Waals surface area contributed by atoms with E-state index in [0.29, 0.717) is 22.7 Å². The lowest BCUT2D eigenvalue weighted by atomic mass is 9.94. The molecule has 1 unspecified atom stereocenters. The van der Waals surface area contributed by atoms with Gasteiger partial charge in [-0.3, -0.25) is 4.90 Å². The summed E-state index contributed by atoms with van der Waals surface area (Å²) in [6.07, 6.45) is 0. The molecule has 1 N–H and O–H groups in total. The predicted molar refractivity (Wildman–Crippen MR) is 106 cm³/mol. The van der Waals surface area contributed by atoms with Gasteiger partial charge in [-0.25, -0.2) is 9.59 Å². The Balaban J connectivity index is 2.09. The van der Waals surface area contributed by atoms with Gasteiger partial charge in [0.05, 0.1) is 31.5 Å². The van der Waals surface area contributed by atoms with Gasteiger partial charge >= 0.3 is 12.0 Å². The SMILES string of the molecule is COC(=O)C1=C(C)N(c2ccc(OC)cc2)C(=O)NC1c1ccc(Br)cc1. The van der Waals surface area contributed by atoms with Crippen molar-refractivity contribution in [3.8, 4) is 5.75 Å². The third kappa shape index (κ3) is 3.68. The molecule has 0 bridgehead atoms. The maximum Gasteiger partial charge on any atom is 0.337 e. The Morgan fingerprint density at radius 1 is 1.07 bits per heavy atom. The van der Waals surface area contributed by atoms with Crippen molar-refractivity contribution in [2.24, 2.45) is 0 Å². The molecule has 0 aliphatic carbocycles. The second kappa shape index (κ2) is 7.84. The number of esters is 1. The molecule has 0 aromatic heterocycles. The number of halogens is 1. The number of anilines is 1. The van der Waals surface area contributed by atoms with Crippen LogP contribution in [0.4, 0.5) is 10.5 Å². The Bertz CT molecular complexity index is 891. The summed E-state index contributed by atoms with van der Waals surface area (Å²) >= 11 is 3.39. The average molecular weight is 431 g/mol. The molecule has 2 aromatic carbocycles. The second-order valence-electron chi connectivity index (χ2n) is 5.96. The van der Waals surface area contributed by atoms with Gasteiger partial charge in [-0.05, 0) is 48.9 Å². The molecular weight excluding hydrogens is 412 g/mol. The minimum absolute atomic E-state index is 0.321. The summed E-state index contributed by atoms with van der Waals surface area (Å²) in [7, 11) is 2.90. The molecule has 0 saturated carbocycles. The zero-order valence-corrected chi connectivity index (χ0v) is 16.7. The number of urea groups is 1. The summed E-state index contributed by atoms with van der Waals surface area (Å²) in [4.78, 5) is 26.8. The molecule has 0 spiro atoms. The van der Waals surface area contributed by atoms with E-state index >= 15 is 0 Å². The Kier molecular flexibility index (Phi) is 5.51. The third-order valence-electron chi connectivity index (χ3n) is 4.42. The summed E-state index contributed by atoms with van der Waals surface area (Å²) in [5, 5.41) is 2.91. The van der Waals surface area contributed by atoms with E-state index in [2.05, 4.69) is 21.2 Å². The topological polar surface area (TPSA) is 67.9 Å². The van der Waals surface area contributed by atoms with Crippen LogP contribution in [0.15, 0.2) is 64.3 Å². The summed E-state index contributed by atoms with van der Waals surface area (Å²) in [5.74, 6) is 0.192. The number of hydrogen-bond acceptors (Lipinski definition) is 4. The number of hydrogen-bond donors (Lipinski definition) is 1. The first kappa shape index (κ1) is 19.0. The summed E-state index contributed by atoms with van der Waals surface area (Å²) < 4.78 is 11.1. The molecule has 0 saturated heterocycles. The van der Waals surface area contributed by atoms with Gasteiger partial charge in [-0.1, -0.05) is 28.1 Å². The summed E-state index contributed by atoms with van der Waals surface area (Å²) in [6, 6.07) is 13.6. The van der Waals surface area contributed by atoms with Gasteiger partial charge in [-0.15, -0.1) is 0 Å². The van der Waals surface area contributed by atoms with Crippen molar-refractivity contribution in [3.63, 3.8) is 0 Å². The van der Waals surface area contributed by atoms with Crippen LogP contribution in [0, 0.1) is 0 Å². The van der Waals surface area contributed by atoms with Crippen LogP contribution in [-0.2, 0) is 9.53 Å². The number of ether oxygens (including phenoxy) is 2. The molecule has 1 atom stereocenters. The lowest BCUT2D eigenvalue weighted by Crippen LogP contribution is -2.48. The van der Waals surface area contributed by atoms with Gasteiger partial charge in [-0.2, -0.15) is 0 Å². The average Bonchev–Trinajstić information content (AvgIpc) is 2.68. The number of amides is 2. The van der Waals surface area contributed by atoms with Crippen LogP contribution in [-0.4, -0.2) is 26.2 Å². The van der Waals surface area contributed by atoms with Gasteiger partial charge < -0.3 is 14.8 Å². The van der Waals surface area contributed by atoms with Crippen molar-refractivity contribution in [3.05, 3.63) is 69.8 Å². The maximum absolute atomic E-state index is 12.9. The molecule has 0 radical (unpaired) electrons. The van der Waals surface area contributed by atoms with Crippen molar-refractivity contribution in [2.45, 2.75) is 13.0 Å². The Labute approximate surface area is 165 Å². The molecule has 27 heavy (non-hydrogen) atoms. The molecule has 1 heterocycles. The lowest BCUT2D eigenvalue weighted by Gasteiger charge is -2.35. The number of carbonyl (C=O) groups excluding carboxylic acids is 2. The van der Waals surface area contributed by atoms with Crippen LogP contribution in [0.25, 0.3) is 0 Å². The Hall–Kier alpha value is -2.80. The van der Waals surface area contributed by atoms with Crippen LogP contribution >= 0.6 is 15.9 Å². The van der Waals surface area contributed by atoms with Crippen molar-refractivity contribution in [2.75, 3.05) is 19.1 Å². The smallest absolute Gasteiger partial charge is 0.337 e. The zero-order chi connectivity index (χ0) is 19.6. The van der Waals surface area contributed by atoms with Gasteiger partial charge in [0.25, 0.3) is 0 Å². The predicted octanol–water partition coefficient (Wildman–Crippen LogP) is 4.18. The van der Waals surface area contributed by atoms with Crippen molar-refractivity contribution < 1.29 is 19.1 Å². The highest BCUT2D eigenvalue weighted by atomic mass is 79.9. The largest absolute Gasteiger partial charge is 0.497 e. The molecule has 6 nitrogen and oxygen atoms in total. The molecule has 3 rings (SSSR count).